The summed E-state index contributed by atoms with van der Waals surface area (Å²) in [5.41, 5.74) is 5.45. The molecule has 4 rings (SSSR count). The van der Waals surface area contributed by atoms with Gasteiger partial charge in [-0.1, -0.05) is 36.9 Å². The number of aliphatic carboxylic acids is 2. The molecule has 3 atom stereocenters. The summed E-state index contributed by atoms with van der Waals surface area (Å²) in [6.07, 6.45) is 8.49. The summed E-state index contributed by atoms with van der Waals surface area (Å²) in [4.78, 5) is 49.8. The van der Waals surface area contributed by atoms with Gasteiger partial charge in [-0.15, -0.1) is 12.3 Å². The van der Waals surface area contributed by atoms with Crippen LogP contribution >= 0.6 is 0 Å². The van der Waals surface area contributed by atoms with Gasteiger partial charge < -0.3 is 30.7 Å². The molecular weight excluding hydrogens is 544 g/mol. The molecule has 13 heteroatoms. The van der Waals surface area contributed by atoms with Crippen molar-refractivity contribution in [3.63, 3.8) is 0 Å². The van der Waals surface area contributed by atoms with Crippen LogP contribution in [0.25, 0.3) is 16.7 Å². The summed E-state index contributed by atoms with van der Waals surface area (Å²) >= 11 is 0. The Labute approximate surface area is 241 Å². The molecule has 3 unspecified atom stereocenters. The van der Waals surface area contributed by atoms with E-state index < -0.39 is 48.8 Å². The number of carbonyl (C=O) groups excluding carboxylic acids is 1. The number of aromatic nitrogens is 4. The normalized spacial score (nSPS) is 18.9. The minimum atomic E-state index is -2.63. The maximum absolute atomic E-state index is 12.4. The Morgan fingerprint density at radius 1 is 1.29 bits per heavy atom. The SMILES string of the molecule is C#CC1CC(n2cnc3c(N)nc(C)nc32)OC1COC(Cc1ccc(/C(=C/C)C(=O)NC=C)cc1)(C(=O)O)C(=O)O. The summed E-state index contributed by atoms with van der Waals surface area (Å²) in [5, 5.41) is 22.6. The predicted octanol–water partition coefficient (Wildman–Crippen LogP) is 2.08. The number of carboxylic acid groups (broad SMARTS) is 2. The van der Waals surface area contributed by atoms with Crippen LogP contribution in [0.5, 0.6) is 0 Å². The molecule has 1 fully saturated rings. The molecule has 0 bridgehead atoms. The molecule has 1 amide bonds. The Morgan fingerprint density at radius 3 is 2.57 bits per heavy atom. The van der Waals surface area contributed by atoms with E-state index >= 15 is 0 Å². The van der Waals surface area contributed by atoms with Crippen molar-refractivity contribution in [2.45, 2.75) is 44.6 Å². The third-order valence-corrected chi connectivity index (χ3v) is 6.99. The van der Waals surface area contributed by atoms with Crippen molar-refractivity contribution in [2.24, 2.45) is 5.92 Å². The van der Waals surface area contributed by atoms with Gasteiger partial charge in [0.05, 0.1) is 25.0 Å². The highest BCUT2D eigenvalue weighted by atomic mass is 16.6. The maximum Gasteiger partial charge on any atom is 0.348 e. The molecule has 13 nitrogen and oxygen atoms in total. The molecule has 5 N–H and O–H groups in total. The van der Waals surface area contributed by atoms with Crippen LogP contribution in [0.15, 0.2) is 49.4 Å². The quantitative estimate of drug-likeness (QED) is 0.149. The number of hydrogen-bond acceptors (Lipinski definition) is 9. The summed E-state index contributed by atoms with van der Waals surface area (Å²) in [5.74, 6) is -0.986. The van der Waals surface area contributed by atoms with Crippen LogP contribution in [-0.2, 0) is 30.3 Å². The van der Waals surface area contributed by atoms with Crippen molar-refractivity contribution in [3.8, 4) is 12.3 Å². The van der Waals surface area contributed by atoms with Gasteiger partial charge in [0.2, 0.25) is 0 Å². The molecule has 0 spiro atoms. The van der Waals surface area contributed by atoms with Crippen LogP contribution in [0.4, 0.5) is 5.82 Å². The number of aryl methyl sites for hydroxylation is 1. The number of amides is 1. The number of carbonyl (C=O) groups is 3. The number of nitrogens with two attached hydrogens (primary N) is 1. The van der Waals surface area contributed by atoms with Crippen molar-refractivity contribution >= 4 is 40.4 Å². The van der Waals surface area contributed by atoms with E-state index in [0.717, 1.165) is 0 Å². The number of imidazole rings is 1. The number of benzene rings is 1. The lowest BCUT2D eigenvalue weighted by Crippen LogP contribution is -2.52. The van der Waals surface area contributed by atoms with Gasteiger partial charge in [-0.3, -0.25) is 9.36 Å². The van der Waals surface area contributed by atoms with E-state index in [2.05, 4.69) is 32.8 Å². The van der Waals surface area contributed by atoms with Crippen LogP contribution in [0.2, 0.25) is 0 Å². The van der Waals surface area contributed by atoms with Gasteiger partial charge in [0, 0.05) is 18.4 Å². The van der Waals surface area contributed by atoms with Crippen LogP contribution in [0.3, 0.4) is 0 Å². The highest BCUT2D eigenvalue weighted by molar-refractivity contribution is 6.19. The number of fused-ring (bicyclic) bond motifs is 1. The molecular formula is C29H30N6O7. The largest absolute Gasteiger partial charge is 0.479 e. The molecule has 0 radical (unpaired) electrons. The molecule has 0 aliphatic carbocycles. The Hall–Kier alpha value is -5.06. The molecule has 218 valence electrons. The summed E-state index contributed by atoms with van der Waals surface area (Å²) in [6, 6.07) is 6.26. The summed E-state index contributed by atoms with van der Waals surface area (Å²) in [7, 11) is 0. The first-order chi connectivity index (χ1) is 20.0. The lowest BCUT2D eigenvalue weighted by atomic mass is 9.92. The Bertz CT molecular complexity index is 1590. The predicted molar refractivity (Wildman–Crippen MR) is 151 cm³/mol. The zero-order chi connectivity index (χ0) is 30.6. The average molecular weight is 575 g/mol. The van der Waals surface area contributed by atoms with Gasteiger partial charge in [-0.2, -0.15) is 0 Å². The Kier molecular flexibility index (Phi) is 8.70. The zero-order valence-corrected chi connectivity index (χ0v) is 23.0. The first kappa shape index (κ1) is 29.9. The number of allylic oxidation sites excluding steroid dienone is 1. The Balaban J connectivity index is 1.54. The van der Waals surface area contributed by atoms with Crippen LogP contribution in [-0.4, -0.2) is 65.9 Å². The number of ether oxygens (including phenoxy) is 2. The highest BCUT2D eigenvalue weighted by Crippen LogP contribution is 2.36. The molecule has 1 aliphatic rings. The number of nitrogens with zero attached hydrogens (tertiary/aromatic N) is 4. The second kappa shape index (κ2) is 12.2. The number of carboxylic acids is 2. The standard InChI is InChI=1S/C29H30N6O7/c1-5-18-12-22(35-15-32-23-24(30)33-16(4)34-25(23)35)42-21(18)14-41-29(27(37)38,28(39)40)13-17-8-10-19(11-9-17)20(6-2)26(36)31-7-3/h1,6-11,15,18,21-22H,3,12-14H2,2,4H3,(H,31,36)(H,37,38)(H,39,40)(H2,30,33,34)/b20-6-. The van der Waals surface area contributed by atoms with Gasteiger partial charge in [0.25, 0.3) is 11.5 Å². The highest BCUT2D eigenvalue weighted by Gasteiger charge is 2.50. The zero-order valence-electron chi connectivity index (χ0n) is 23.0. The molecule has 1 aliphatic heterocycles. The minimum Gasteiger partial charge on any atom is -0.479 e. The fourth-order valence-electron chi connectivity index (χ4n) is 4.82. The van der Waals surface area contributed by atoms with E-state index in [4.69, 9.17) is 21.6 Å². The molecule has 1 saturated heterocycles. The average Bonchev–Trinajstić information content (AvgIpc) is 3.56. The van der Waals surface area contributed by atoms with Gasteiger partial charge in [-0.05, 0) is 31.2 Å². The topological polar surface area (TPSA) is 192 Å². The van der Waals surface area contributed by atoms with E-state index in [1.54, 1.807) is 36.6 Å². The van der Waals surface area contributed by atoms with Crippen LogP contribution < -0.4 is 11.1 Å². The minimum absolute atomic E-state index is 0.213. The number of rotatable bonds is 11. The Morgan fingerprint density at radius 2 is 1.98 bits per heavy atom. The van der Waals surface area contributed by atoms with Crippen LogP contribution in [0, 0.1) is 25.2 Å². The lowest BCUT2D eigenvalue weighted by molar-refractivity contribution is -0.188. The van der Waals surface area contributed by atoms with Gasteiger partial charge in [0.1, 0.15) is 17.6 Å². The van der Waals surface area contributed by atoms with Crippen LogP contribution in [0.1, 0.15) is 36.5 Å². The second-order valence-electron chi connectivity index (χ2n) is 9.62. The van der Waals surface area contributed by atoms with E-state index in [9.17, 15) is 24.6 Å². The van der Waals surface area contributed by atoms with Crippen molar-refractivity contribution in [1.29, 1.82) is 0 Å². The maximum atomic E-state index is 12.4. The van der Waals surface area contributed by atoms with Crippen molar-refractivity contribution < 1.29 is 34.1 Å². The molecule has 2 aromatic heterocycles. The van der Waals surface area contributed by atoms with Gasteiger partial charge in [-0.25, -0.2) is 24.5 Å². The molecule has 42 heavy (non-hydrogen) atoms. The molecule has 3 aromatic rings. The van der Waals surface area contributed by atoms with E-state index in [-0.39, 0.29) is 11.7 Å². The van der Waals surface area contributed by atoms with E-state index in [1.165, 1.54) is 24.7 Å². The smallest absolute Gasteiger partial charge is 0.348 e. The summed E-state index contributed by atoms with van der Waals surface area (Å²) < 4.78 is 13.4. The lowest BCUT2D eigenvalue weighted by Gasteiger charge is -2.27. The number of nitrogens with one attached hydrogen (secondary N) is 1. The van der Waals surface area contributed by atoms with Crippen molar-refractivity contribution in [1.82, 2.24) is 24.8 Å². The summed E-state index contributed by atoms with van der Waals surface area (Å²) in [6.45, 7) is 6.45. The van der Waals surface area contributed by atoms with Gasteiger partial charge in [0.15, 0.2) is 11.5 Å². The number of hydrogen-bond donors (Lipinski definition) is 4. The first-order valence-electron chi connectivity index (χ1n) is 12.9. The number of anilines is 1. The number of terminal acetylenes is 1. The number of nitrogen functional groups attached to an aromatic ring is 1. The fourth-order valence-corrected chi connectivity index (χ4v) is 4.82. The third kappa shape index (κ3) is 5.71. The van der Waals surface area contributed by atoms with Crippen molar-refractivity contribution in [2.75, 3.05) is 12.3 Å². The van der Waals surface area contributed by atoms with Crippen molar-refractivity contribution in [3.05, 3.63) is 66.4 Å². The second-order valence-corrected chi connectivity index (χ2v) is 9.62. The van der Waals surface area contributed by atoms with E-state index in [1.807, 2.05) is 0 Å². The molecule has 3 heterocycles. The van der Waals surface area contributed by atoms with Gasteiger partial charge >= 0.3 is 11.9 Å². The molecule has 0 saturated carbocycles. The fraction of sp³-hybridized carbons (Fsp3) is 0.310. The monoisotopic (exact) mass is 574 g/mol. The van der Waals surface area contributed by atoms with E-state index in [0.29, 0.717) is 40.1 Å². The molecule has 1 aromatic carbocycles. The third-order valence-electron chi connectivity index (χ3n) is 6.99. The first-order valence-corrected chi connectivity index (χ1v) is 12.9.